The Bertz CT molecular complexity index is 1350. The highest BCUT2D eigenvalue weighted by Gasteiger charge is 2.28. The molecule has 0 radical (unpaired) electrons. The van der Waals surface area contributed by atoms with Crippen LogP contribution < -0.4 is 5.73 Å². The van der Waals surface area contributed by atoms with Crippen LogP contribution in [0.15, 0.2) is 91.0 Å². The third kappa shape index (κ3) is 4.74. The Morgan fingerprint density at radius 3 is 2.21 bits per heavy atom. The Morgan fingerprint density at radius 2 is 1.44 bits per heavy atom. The summed E-state index contributed by atoms with van der Waals surface area (Å²) in [7, 11) is 0. The number of hydrogen-bond acceptors (Lipinski definition) is 2. The number of amides is 1. The molecule has 0 aliphatic carbocycles. The molecule has 0 saturated carbocycles. The number of rotatable bonds is 5. The van der Waals surface area contributed by atoms with Crippen molar-refractivity contribution in [3.8, 4) is 22.3 Å². The van der Waals surface area contributed by atoms with E-state index in [2.05, 4.69) is 66.7 Å². The molecule has 1 aliphatic rings. The molecule has 1 heterocycles. The van der Waals surface area contributed by atoms with E-state index in [1.165, 1.54) is 11.1 Å². The Kier molecular flexibility index (Phi) is 6.42. The smallest absolute Gasteiger partial charge is 0.240 e. The predicted octanol–water partition coefficient (Wildman–Crippen LogP) is 6.74. The Balaban J connectivity index is 1.31. The standard InChI is InChI=1S/C29H24Cl2N2O/c30-26-12-11-23(27(31)16-26)15-28(32)29(34)33-17-24-10-9-22(14-25(24)18-33)21-8-4-7-20(13-21)19-5-2-1-3-6-19/h1-14,16,28H,15,17-18,32H2/t28-/m1/s1. The third-order valence-corrected chi connectivity index (χ3v) is 6.90. The molecule has 2 N–H and O–H groups in total. The summed E-state index contributed by atoms with van der Waals surface area (Å²) in [6.07, 6.45) is 0.374. The van der Waals surface area contributed by atoms with Crippen LogP contribution in [0, 0.1) is 0 Å². The van der Waals surface area contributed by atoms with Gasteiger partial charge in [0.2, 0.25) is 5.91 Å². The van der Waals surface area contributed by atoms with Gasteiger partial charge in [-0.25, -0.2) is 0 Å². The molecular formula is C29H24Cl2N2O. The normalized spacial score (nSPS) is 13.6. The van der Waals surface area contributed by atoms with Crippen LogP contribution in [0.4, 0.5) is 0 Å². The van der Waals surface area contributed by atoms with Gasteiger partial charge in [0.25, 0.3) is 0 Å². The lowest BCUT2D eigenvalue weighted by Crippen LogP contribution is -2.42. The minimum atomic E-state index is -0.657. The van der Waals surface area contributed by atoms with Crippen molar-refractivity contribution in [2.45, 2.75) is 25.6 Å². The van der Waals surface area contributed by atoms with Crippen LogP contribution in [-0.4, -0.2) is 16.8 Å². The van der Waals surface area contributed by atoms with E-state index in [1.807, 2.05) is 17.0 Å². The third-order valence-electron chi connectivity index (χ3n) is 6.32. The van der Waals surface area contributed by atoms with E-state index in [9.17, 15) is 4.79 Å². The van der Waals surface area contributed by atoms with Gasteiger partial charge in [-0.15, -0.1) is 0 Å². The molecule has 0 bridgehead atoms. The second-order valence-corrected chi connectivity index (χ2v) is 9.51. The molecule has 0 fully saturated rings. The number of carbonyl (C=O) groups excluding carboxylic acids is 1. The molecule has 4 aromatic rings. The fourth-order valence-electron chi connectivity index (χ4n) is 4.48. The van der Waals surface area contributed by atoms with E-state index in [1.54, 1.807) is 12.1 Å². The van der Waals surface area contributed by atoms with E-state index < -0.39 is 6.04 Å². The van der Waals surface area contributed by atoms with Gasteiger partial charge in [-0.05, 0) is 69.6 Å². The van der Waals surface area contributed by atoms with Crippen molar-refractivity contribution < 1.29 is 4.79 Å². The Morgan fingerprint density at radius 1 is 0.765 bits per heavy atom. The highest BCUT2D eigenvalue weighted by Crippen LogP contribution is 2.31. The number of hydrogen-bond donors (Lipinski definition) is 1. The van der Waals surface area contributed by atoms with Crippen LogP contribution in [0.1, 0.15) is 16.7 Å². The summed E-state index contributed by atoms with van der Waals surface area (Å²) in [5.74, 6) is -0.0742. The topological polar surface area (TPSA) is 46.3 Å². The van der Waals surface area contributed by atoms with Gasteiger partial charge in [0.15, 0.2) is 0 Å². The molecular weight excluding hydrogens is 463 g/mol. The van der Waals surface area contributed by atoms with Crippen LogP contribution in [0.5, 0.6) is 0 Å². The SMILES string of the molecule is N[C@H](Cc1ccc(Cl)cc1Cl)C(=O)N1Cc2ccc(-c3cccc(-c4ccccc4)c3)cc2C1. The molecule has 4 aromatic carbocycles. The van der Waals surface area contributed by atoms with Crippen LogP contribution in [0.25, 0.3) is 22.3 Å². The second-order valence-electron chi connectivity index (χ2n) is 8.67. The maximum Gasteiger partial charge on any atom is 0.240 e. The zero-order chi connectivity index (χ0) is 23.7. The van der Waals surface area contributed by atoms with Crippen LogP contribution in [0.2, 0.25) is 10.0 Å². The lowest BCUT2D eigenvalue weighted by atomic mass is 9.97. The van der Waals surface area contributed by atoms with Crippen LogP contribution in [-0.2, 0) is 24.3 Å². The summed E-state index contributed by atoms with van der Waals surface area (Å²) in [6.45, 7) is 1.13. The predicted molar refractivity (Wildman–Crippen MR) is 140 cm³/mol. The van der Waals surface area contributed by atoms with Gasteiger partial charge >= 0.3 is 0 Å². The molecule has 170 valence electrons. The van der Waals surface area contributed by atoms with Crippen LogP contribution >= 0.6 is 23.2 Å². The molecule has 5 heteroatoms. The van der Waals surface area contributed by atoms with E-state index in [-0.39, 0.29) is 5.91 Å². The molecule has 1 atom stereocenters. The van der Waals surface area contributed by atoms with Gasteiger partial charge < -0.3 is 10.6 Å². The molecule has 0 spiro atoms. The lowest BCUT2D eigenvalue weighted by Gasteiger charge is -2.20. The van der Waals surface area contributed by atoms with Crippen molar-refractivity contribution in [3.63, 3.8) is 0 Å². The molecule has 3 nitrogen and oxygen atoms in total. The fraction of sp³-hybridized carbons (Fsp3) is 0.138. The average Bonchev–Trinajstić information content (AvgIpc) is 3.29. The van der Waals surface area contributed by atoms with E-state index in [0.29, 0.717) is 29.6 Å². The highest BCUT2D eigenvalue weighted by molar-refractivity contribution is 6.35. The fourth-order valence-corrected chi connectivity index (χ4v) is 4.97. The summed E-state index contributed by atoms with van der Waals surface area (Å²) < 4.78 is 0. The number of carbonyl (C=O) groups is 1. The minimum absolute atomic E-state index is 0.0742. The van der Waals surface area contributed by atoms with Crippen molar-refractivity contribution in [1.29, 1.82) is 0 Å². The summed E-state index contributed by atoms with van der Waals surface area (Å²) in [5.41, 5.74) is 14.1. The molecule has 0 aromatic heterocycles. The number of benzene rings is 4. The lowest BCUT2D eigenvalue weighted by molar-refractivity contribution is -0.133. The Hall–Kier alpha value is -3.11. The number of nitrogens with zero attached hydrogens (tertiary/aromatic N) is 1. The molecule has 1 amide bonds. The molecule has 0 unspecified atom stereocenters. The number of fused-ring (bicyclic) bond motifs is 1. The van der Waals surface area contributed by atoms with Crippen molar-refractivity contribution in [2.24, 2.45) is 5.73 Å². The van der Waals surface area contributed by atoms with Crippen molar-refractivity contribution in [1.82, 2.24) is 4.90 Å². The number of halogens is 2. The van der Waals surface area contributed by atoms with E-state index >= 15 is 0 Å². The molecule has 34 heavy (non-hydrogen) atoms. The van der Waals surface area contributed by atoms with Gasteiger partial charge in [0.05, 0.1) is 6.04 Å². The molecule has 0 saturated heterocycles. The first-order chi connectivity index (χ1) is 16.5. The number of nitrogens with two attached hydrogens (primary N) is 1. The quantitative estimate of drug-likeness (QED) is 0.339. The summed E-state index contributed by atoms with van der Waals surface area (Å²) in [4.78, 5) is 14.9. The summed E-state index contributed by atoms with van der Waals surface area (Å²) >= 11 is 12.2. The molecule has 1 aliphatic heterocycles. The van der Waals surface area contributed by atoms with Gasteiger partial charge in [-0.3, -0.25) is 4.79 Å². The maximum absolute atomic E-state index is 13.1. The first-order valence-electron chi connectivity index (χ1n) is 11.2. The van der Waals surface area contributed by atoms with Crippen molar-refractivity contribution >= 4 is 29.1 Å². The largest absolute Gasteiger partial charge is 0.333 e. The summed E-state index contributed by atoms with van der Waals surface area (Å²) in [6, 6.07) is 29.9. The van der Waals surface area contributed by atoms with E-state index in [4.69, 9.17) is 28.9 Å². The average molecular weight is 487 g/mol. The zero-order valence-electron chi connectivity index (χ0n) is 18.5. The first kappa shape index (κ1) is 22.7. The monoisotopic (exact) mass is 486 g/mol. The van der Waals surface area contributed by atoms with E-state index in [0.717, 1.165) is 27.8 Å². The van der Waals surface area contributed by atoms with Gasteiger partial charge in [-0.2, -0.15) is 0 Å². The maximum atomic E-state index is 13.1. The summed E-state index contributed by atoms with van der Waals surface area (Å²) in [5, 5.41) is 1.09. The zero-order valence-corrected chi connectivity index (χ0v) is 20.1. The van der Waals surface area contributed by atoms with Gasteiger partial charge in [0.1, 0.15) is 0 Å². The highest BCUT2D eigenvalue weighted by atomic mass is 35.5. The Labute approximate surface area is 209 Å². The van der Waals surface area contributed by atoms with Crippen LogP contribution in [0.3, 0.4) is 0 Å². The van der Waals surface area contributed by atoms with Crippen molar-refractivity contribution in [3.05, 3.63) is 118 Å². The van der Waals surface area contributed by atoms with Crippen molar-refractivity contribution in [2.75, 3.05) is 0 Å². The first-order valence-corrected chi connectivity index (χ1v) is 12.0. The van der Waals surface area contributed by atoms with Gasteiger partial charge in [0, 0.05) is 23.1 Å². The minimum Gasteiger partial charge on any atom is -0.333 e. The second kappa shape index (κ2) is 9.63. The van der Waals surface area contributed by atoms with Gasteiger partial charge in [-0.1, -0.05) is 89.9 Å². The molecule has 5 rings (SSSR count).